The second-order valence-corrected chi connectivity index (χ2v) is 6.40. The molecule has 142 valence electrons. The van der Waals surface area contributed by atoms with E-state index in [2.05, 4.69) is 21.9 Å². The van der Waals surface area contributed by atoms with Crippen LogP contribution in [-0.2, 0) is 4.79 Å². The van der Waals surface area contributed by atoms with E-state index in [1.54, 1.807) is 31.2 Å². The van der Waals surface area contributed by atoms with Gasteiger partial charge < -0.3 is 20.7 Å². The molecule has 0 aromatic heterocycles. The van der Waals surface area contributed by atoms with Gasteiger partial charge in [-0.3, -0.25) is 4.79 Å². The molecular formula is C22H21N3O3. The van der Waals surface area contributed by atoms with Gasteiger partial charge in [-0.2, -0.15) is 0 Å². The van der Waals surface area contributed by atoms with Crippen molar-refractivity contribution in [3.63, 3.8) is 0 Å². The summed E-state index contributed by atoms with van der Waals surface area (Å²) < 4.78 is 5.38. The van der Waals surface area contributed by atoms with Crippen LogP contribution in [0.4, 0.5) is 10.5 Å². The second kappa shape index (κ2) is 8.31. The number of amides is 3. The zero-order valence-electron chi connectivity index (χ0n) is 15.7. The Hall–Kier alpha value is -3.72. The molecule has 1 unspecified atom stereocenters. The number of rotatable bonds is 5. The number of urea groups is 1. The third kappa shape index (κ3) is 4.15. The van der Waals surface area contributed by atoms with Gasteiger partial charge in [-0.15, -0.1) is 6.42 Å². The summed E-state index contributed by atoms with van der Waals surface area (Å²) in [5, 5.41) is 8.42. The van der Waals surface area contributed by atoms with Gasteiger partial charge in [0.1, 0.15) is 12.4 Å². The quantitative estimate of drug-likeness (QED) is 0.702. The SMILES string of the molecule is C#CCOc1ccc(C2NC(=O)NC(C)=C2C(=O)Nc2ccccc2C)cc1. The van der Waals surface area contributed by atoms with Gasteiger partial charge in [-0.05, 0) is 43.2 Å². The molecule has 6 nitrogen and oxygen atoms in total. The van der Waals surface area contributed by atoms with Crippen molar-refractivity contribution in [2.45, 2.75) is 19.9 Å². The van der Waals surface area contributed by atoms with Gasteiger partial charge in [-0.1, -0.05) is 36.3 Å². The van der Waals surface area contributed by atoms with Crippen LogP contribution in [0.2, 0.25) is 0 Å². The lowest BCUT2D eigenvalue weighted by atomic mass is 9.94. The first-order valence-corrected chi connectivity index (χ1v) is 8.81. The van der Waals surface area contributed by atoms with Crippen LogP contribution < -0.4 is 20.7 Å². The van der Waals surface area contributed by atoms with Gasteiger partial charge in [0.25, 0.3) is 5.91 Å². The molecule has 0 aliphatic carbocycles. The highest BCUT2D eigenvalue weighted by molar-refractivity contribution is 6.07. The van der Waals surface area contributed by atoms with Crippen LogP contribution >= 0.6 is 0 Å². The number of terminal acetylenes is 1. The number of carbonyl (C=O) groups is 2. The van der Waals surface area contributed by atoms with Crippen molar-refractivity contribution in [1.82, 2.24) is 10.6 Å². The zero-order chi connectivity index (χ0) is 20.1. The molecular weight excluding hydrogens is 354 g/mol. The number of hydrogen-bond donors (Lipinski definition) is 3. The lowest BCUT2D eigenvalue weighted by Gasteiger charge is -2.29. The molecule has 0 fully saturated rings. The fraction of sp³-hybridized carbons (Fsp3) is 0.182. The summed E-state index contributed by atoms with van der Waals surface area (Å²) in [7, 11) is 0. The Balaban J connectivity index is 1.89. The number of benzene rings is 2. The minimum atomic E-state index is -0.584. The van der Waals surface area contributed by atoms with Crippen molar-refractivity contribution in [3.05, 3.63) is 70.9 Å². The minimum absolute atomic E-state index is 0.173. The van der Waals surface area contributed by atoms with E-state index in [1.165, 1.54) is 0 Å². The van der Waals surface area contributed by atoms with Gasteiger partial charge in [0.05, 0.1) is 11.6 Å². The summed E-state index contributed by atoms with van der Waals surface area (Å²) in [6.45, 7) is 3.81. The van der Waals surface area contributed by atoms with Crippen LogP contribution in [0.15, 0.2) is 59.8 Å². The van der Waals surface area contributed by atoms with Crippen LogP contribution in [-0.4, -0.2) is 18.5 Å². The molecule has 1 heterocycles. The third-order valence-electron chi connectivity index (χ3n) is 4.44. The van der Waals surface area contributed by atoms with Crippen LogP contribution in [0.1, 0.15) is 24.1 Å². The Morgan fingerprint density at radius 1 is 1.18 bits per heavy atom. The third-order valence-corrected chi connectivity index (χ3v) is 4.44. The molecule has 1 aliphatic rings. The lowest BCUT2D eigenvalue weighted by molar-refractivity contribution is -0.113. The maximum atomic E-state index is 13.0. The summed E-state index contributed by atoms with van der Waals surface area (Å²) in [4.78, 5) is 25.0. The molecule has 28 heavy (non-hydrogen) atoms. The first-order valence-electron chi connectivity index (χ1n) is 8.81. The van der Waals surface area contributed by atoms with E-state index < -0.39 is 6.04 Å². The summed E-state index contributed by atoms with van der Waals surface area (Å²) >= 11 is 0. The number of para-hydroxylation sites is 1. The van der Waals surface area contributed by atoms with E-state index in [-0.39, 0.29) is 18.5 Å². The van der Waals surface area contributed by atoms with E-state index in [9.17, 15) is 9.59 Å². The van der Waals surface area contributed by atoms with Crippen molar-refractivity contribution in [2.24, 2.45) is 0 Å². The summed E-state index contributed by atoms with van der Waals surface area (Å²) in [6, 6.07) is 13.7. The molecule has 3 rings (SSSR count). The molecule has 0 saturated carbocycles. The molecule has 3 amide bonds. The highest BCUT2D eigenvalue weighted by Crippen LogP contribution is 2.29. The average Bonchev–Trinajstić information content (AvgIpc) is 2.68. The van der Waals surface area contributed by atoms with E-state index >= 15 is 0 Å². The Morgan fingerprint density at radius 3 is 2.57 bits per heavy atom. The molecule has 1 aliphatic heterocycles. The molecule has 2 aromatic carbocycles. The maximum absolute atomic E-state index is 13.0. The number of ether oxygens (including phenoxy) is 1. The highest BCUT2D eigenvalue weighted by atomic mass is 16.5. The first kappa shape index (κ1) is 19.1. The van der Waals surface area contributed by atoms with Crippen LogP contribution in [0.3, 0.4) is 0 Å². The summed E-state index contributed by atoms with van der Waals surface area (Å²) in [5.41, 5.74) is 3.39. The molecule has 0 bridgehead atoms. The van der Waals surface area contributed by atoms with Crippen LogP contribution in [0.25, 0.3) is 0 Å². The molecule has 3 N–H and O–H groups in total. The monoisotopic (exact) mass is 375 g/mol. The Morgan fingerprint density at radius 2 is 1.89 bits per heavy atom. The Kier molecular flexibility index (Phi) is 5.66. The lowest BCUT2D eigenvalue weighted by Crippen LogP contribution is -2.46. The largest absolute Gasteiger partial charge is 0.481 e. The molecule has 1 atom stereocenters. The minimum Gasteiger partial charge on any atom is -0.481 e. The van der Waals surface area contributed by atoms with E-state index in [4.69, 9.17) is 11.2 Å². The number of carbonyl (C=O) groups excluding carboxylic acids is 2. The molecule has 0 radical (unpaired) electrons. The maximum Gasteiger partial charge on any atom is 0.319 e. The van der Waals surface area contributed by atoms with Crippen molar-refractivity contribution in [1.29, 1.82) is 0 Å². The van der Waals surface area contributed by atoms with Gasteiger partial charge in [0.2, 0.25) is 0 Å². The van der Waals surface area contributed by atoms with Crippen molar-refractivity contribution in [2.75, 3.05) is 11.9 Å². The average molecular weight is 375 g/mol. The fourth-order valence-corrected chi connectivity index (χ4v) is 3.03. The number of hydrogen-bond acceptors (Lipinski definition) is 3. The van der Waals surface area contributed by atoms with E-state index in [1.807, 2.05) is 31.2 Å². The van der Waals surface area contributed by atoms with Gasteiger partial charge in [0, 0.05) is 11.4 Å². The second-order valence-electron chi connectivity index (χ2n) is 6.40. The van der Waals surface area contributed by atoms with Gasteiger partial charge >= 0.3 is 6.03 Å². The highest BCUT2D eigenvalue weighted by Gasteiger charge is 2.31. The van der Waals surface area contributed by atoms with E-state index in [0.717, 1.165) is 16.8 Å². The van der Waals surface area contributed by atoms with Crippen molar-refractivity contribution in [3.8, 4) is 18.1 Å². The van der Waals surface area contributed by atoms with Gasteiger partial charge in [-0.25, -0.2) is 4.79 Å². The predicted molar refractivity (Wildman–Crippen MR) is 108 cm³/mol. The number of allylic oxidation sites excluding steroid dienone is 1. The normalized spacial score (nSPS) is 15.9. The number of anilines is 1. The zero-order valence-corrected chi connectivity index (χ0v) is 15.7. The van der Waals surface area contributed by atoms with Gasteiger partial charge in [0.15, 0.2) is 0 Å². The van der Waals surface area contributed by atoms with Crippen LogP contribution in [0.5, 0.6) is 5.75 Å². The first-order chi connectivity index (χ1) is 13.5. The summed E-state index contributed by atoms with van der Waals surface area (Å²) in [5.74, 6) is 2.75. The summed E-state index contributed by atoms with van der Waals surface area (Å²) in [6.07, 6.45) is 5.20. The fourth-order valence-electron chi connectivity index (χ4n) is 3.03. The predicted octanol–water partition coefficient (Wildman–Crippen LogP) is 3.27. The molecule has 2 aromatic rings. The molecule has 6 heteroatoms. The van der Waals surface area contributed by atoms with Crippen molar-refractivity contribution < 1.29 is 14.3 Å². The Labute approximate surface area is 164 Å². The smallest absolute Gasteiger partial charge is 0.319 e. The molecule has 0 saturated heterocycles. The van der Waals surface area contributed by atoms with Crippen molar-refractivity contribution >= 4 is 17.6 Å². The van der Waals surface area contributed by atoms with E-state index in [0.29, 0.717) is 17.0 Å². The Bertz CT molecular complexity index is 971. The number of nitrogens with one attached hydrogen (secondary N) is 3. The topological polar surface area (TPSA) is 79.5 Å². The molecule has 0 spiro atoms. The number of aryl methyl sites for hydroxylation is 1. The van der Waals surface area contributed by atoms with Crippen LogP contribution in [0, 0.1) is 19.3 Å². The standard InChI is InChI=1S/C22H21N3O3/c1-4-13-28-17-11-9-16(10-12-17)20-19(15(3)23-22(27)25-20)21(26)24-18-8-6-5-7-14(18)2/h1,5-12,20H,13H2,2-3H3,(H,24,26)(H2,23,25,27).